The third-order valence-electron chi connectivity index (χ3n) is 5.00. The molecule has 3 rings (SSSR count). The molecule has 0 bridgehead atoms. The molecule has 2 aromatic rings. The number of aryl methyl sites for hydroxylation is 2. The highest BCUT2D eigenvalue weighted by atomic mass is 16.5. The molecule has 1 heterocycles. The molecule has 142 valence electrons. The van der Waals surface area contributed by atoms with Crippen molar-refractivity contribution >= 4 is 17.5 Å². The SMILES string of the molecule is CCOc1ccc(CNC(=O)[C@H]2CC(=O)N(c3ccc(C)c(C)c3)C2)cc1. The minimum absolute atomic E-state index is 0.000490. The first-order chi connectivity index (χ1) is 13.0. The quantitative estimate of drug-likeness (QED) is 0.853. The first kappa shape index (κ1) is 19.0. The number of amides is 2. The molecule has 1 atom stereocenters. The highest BCUT2D eigenvalue weighted by molar-refractivity contribution is 6.00. The van der Waals surface area contributed by atoms with Crippen molar-refractivity contribution in [3.05, 3.63) is 59.2 Å². The number of benzene rings is 2. The summed E-state index contributed by atoms with van der Waals surface area (Å²) in [5.74, 6) is 0.419. The van der Waals surface area contributed by atoms with Gasteiger partial charge in [-0.15, -0.1) is 0 Å². The maximum atomic E-state index is 12.5. The second kappa shape index (κ2) is 8.25. The van der Waals surface area contributed by atoms with Crippen molar-refractivity contribution in [2.45, 2.75) is 33.7 Å². The van der Waals surface area contributed by atoms with E-state index in [-0.39, 0.29) is 24.2 Å². The van der Waals surface area contributed by atoms with Gasteiger partial charge in [0.25, 0.3) is 0 Å². The van der Waals surface area contributed by atoms with Crippen molar-refractivity contribution in [3.8, 4) is 5.75 Å². The van der Waals surface area contributed by atoms with Crippen LogP contribution in [0.1, 0.15) is 30.0 Å². The standard InChI is InChI=1S/C22H26N2O3/c1-4-27-20-9-6-17(7-10-20)13-23-22(26)18-12-21(25)24(14-18)19-8-5-15(2)16(3)11-19/h5-11,18H,4,12-14H2,1-3H3,(H,23,26)/t18-/m0/s1. The number of hydrogen-bond acceptors (Lipinski definition) is 3. The largest absolute Gasteiger partial charge is 0.494 e. The smallest absolute Gasteiger partial charge is 0.227 e. The van der Waals surface area contributed by atoms with Gasteiger partial charge in [-0.3, -0.25) is 9.59 Å². The van der Waals surface area contributed by atoms with E-state index in [9.17, 15) is 9.59 Å². The molecule has 0 saturated carbocycles. The maximum Gasteiger partial charge on any atom is 0.227 e. The Morgan fingerprint density at radius 2 is 1.89 bits per heavy atom. The number of carbonyl (C=O) groups is 2. The van der Waals surface area contributed by atoms with Crippen LogP contribution in [0.15, 0.2) is 42.5 Å². The predicted molar refractivity (Wildman–Crippen MR) is 106 cm³/mol. The summed E-state index contributed by atoms with van der Waals surface area (Å²) in [6, 6.07) is 13.6. The van der Waals surface area contributed by atoms with Gasteiger partial charge in [-0.25, -0.2) is 0 Å². The van der Waals surface area contributed by atoms with Gasteiger partial charge in [0.05, 0.1) is 12.5 Å². The second-order valence-electron chi connectivity index (χ2n) is 6.97. The summed E-state index contributed by atoms with van der Waals surface area (Å²) in [6.07, 6.45) is 0.252. The van der Waals surface area contributed by atoms with Crippen LogP contribution in [0.2, 0.25) is 0 Å². The summed E-state index contributed by atoms with van der Waals surface area (Å²) in [5.41, 5.74) is 4.20. The van der Waals surface area contributed by atoms with E-state index >= 15 is 0 Å². The van der Waals surface area contributed by atoms with E-state index in [4.69, 9.17) is 4.74 Å². The van der Waals surface area contributed by atoms with Gasteiger partial charge >= 0.3 is 0 Å². The minimum Gasteiger partial charge on any atom is -0.494 e. The number of nitrogens with one attached hydrogen (secondary N) is 1. The Morgan fingerprint density at radius 3 is 2.56 bits per heavy atom. The average Bonchev–Trinajstić information content (AvgIpc) is 3.05. The Hall–Kier alpha value is -2.82. The molecule has 1 saturated heterocycles. The summed E-state index contributed by atoms with van der Waals surface area (Å²) in [6.45, 7) is 7.51. The van der Waals surface area contributed by atoms with Crippen LogP contribution in [0, 0.1) is 19.8 Å². The van der Waals surface area contributed by atoms with Crippen molar-refractivity contribution in [2.75, 3.05) is 18.1 Å². The molecular weight excluding hydrogens is 340 g/mol. The van der Waals surface area contributed by atoms with E-state index in [1.807, 2.05) is 63.2 Å². The predicted octanol–water partition coefficient (Wildman–Crippen LogP) is 3.37. The summed E-state index contributed by atoms with van der Waals surface area (Å²) in [4.78, 5) is 26.6. The molecule has 1 N–H and O–H groups in total. The van der Waals surface area contributed by atoms with Crippen molar-refractivity contribution in [1.29, 1.82) is 0 Å². The number of ether oxygens (including phenoxy) is 1. The van der Waals surface area contributed by atoms with Gasteiger partial charge in [-0.2, -0.15) is 0 Å². The fourth-order valence-corrected chi connectivity index (χ4v) is 3.23. The molecule has 1 aliphatic rings. The van der Waals surface area contributed by atoms with Gasteiger partial charge in [-0.05, 0) is 61.7 Å². The van der Waals surface area contributed by atoms with Crippen LogP contribution in [0.5, 0.6) is 5.75 Å². The Morgan fingerprint density at radius 1 is 1.15 bits per heavy atom. The van der Waals surface area contributed by atoms with Crippen molar-refractivity contribution in [3.63, 3.8) is 0 Å². The van der Waals surface area contributed by atoms with Crippen molar-refractivity contribution in [2.24, 2.45) is 5.92 Å². The first-order valence-electron chi connectivity index (χ1n) is 9.35. The highest BCUT2D eigenvalue weighted by Gasteiger charge is 2.35. The minimum atomic E-state index is -0.318. The van der Waals surface area contributed by atoms with Gasteiger partial charge in [0.1, 0.15) is 5.75 Å². The zero-order chi connectivity index (χ0) is 19.4. The Kier molecular flexibility index (Phi) is 5.79. The van der Waals surface area contributed by atoms with E-state index in [1.54, 1.807) is 4.90 Å². The van der Waals surface area contributed by atoms with Crippen LogP contribution in [0.3, 0.4) is 0 Å². The summed E-state index contributed by atoms with van der Waals surface area (Å²) in [7, 11) is 0. The van der Waals surface area contributed by atoms with Crippen molar-refractivity contribution in [1.82, 2.24) is 5.32 Å². The van der Waals surface area contributed by atoms with Crippen LogP contribution >= 0.6 is 0 Å². The zero-order valence-electron chi connectivity index (χ0n) is 16.1. The summed E-state index contributed by atoms with van der Waals surface area (Å²) >= 11 is 0. The molecule has 0 aromatic heterocycles. The lowest BCUT2D eigenvalue weighted by molar-refractivity contribution is -0.126. The molecule has 0 aliphatic carbocycles. The molecule has 5 heteroatoms. The van der Waals surface area contributed by atoms with Gasteiger partial charge in [0.15, 0.2) is 0 Å². The van der Waals surface area contributed by atoms with Crippen LogP contribution in [0.4, 0.5) is 5.69 Å². The van der Waals surface area contributed by atoms with E-state index in [1.165, 1.54) is 5.56 Å². The van der Waals surface area contributed by atoms with Gasteiger partial charge in [-0.1, -0.05) is 18.2 Å². The topological polar surface area (TPSA) is 58.6 Å². The highest BCUT2D eigenvalue weighted by Crippen LogP contribution is 2.27. The lowest BCUT2D eigenvalue weighted by atomic mass is 10.1. The van der Waals surface area contributed by atoms with Gasteiger partial charge in [0.2, 0.25) is 11.8 Å². The van der Waals surface area contributed by atoms with E-state index < -0.39 is 0 Å². The Labute approximate surface area is 160 Å². The molecule has 0 radical (unpaired) electrons. The lowest BCUT2D eigenvalue weighted by Gasteiger charge is -2.18. The normalized spacial score (nSPS) is 16.5. The molecule has 5 nitrogen and oxygen atoms in total. The number of carbonyl (C=O) groups excluding carboxylic acids is 2. The first-order valence-corrected chi connectivity index (χ1v) is 9.35. The zero-order valence-corrected chi connectivity index (χ0v) is 16.1. The number of rotatable bonds is 6. The molecule has 1 aliphatic heterocycles. The number of nitrogens with zero attached hydrogens (tertiary/aromatic N) is 1. The third kappa shape index (κ3) is 4.48. The average molecular weight is 366 g/mol. The Balaban J connectivity index is 1.57. The number of hydrogen-bond donors (Lipinski definition) is 1. The third-order valence-corrected chi connectivity index (χ3v) is 5.00. The monoisotopic (exact) mass is 366 g/mol. The fourth-order valence-electron chi connectivity index (χ4n) is 3.23. The van der Waals surface area contributed by atoms with Gasteiger partial charge in [0, 0.05) is 25.2 Å². The lowest BCUT2D eigenvalue weighted by Crippen LogP contribution is -2.32. The van der Waals surface area contributed by atoms with Crippen LogP contribution in [-0.4, -0.2) is 25.0 Å². The molecule has 0 unspecified atom stereocenters. The molecule has 2 amide bonds. The van der Waals surface area contributed by atoms with Crippen molar-refractivity contribution < 1.29 is 14.3 Å². The van der Waals surface area contributed by atoms with E-state index in [0.717, 1.165) is 22.6 Å². The Bertz CT molecular complexity index is 830. The van der Waals surface area contributed by atoms with E-state index in [0.29, 0.717) is 19.7 Å². The van der Waals surface area contributed by atoms with E-state index in [2.05, 4.69) is 5.32 Å². The van der Waals surface area contributed by atoms with Crippen LogP contribution in [-0.2, 0) is 16.1 Å². The molecule has 1 fully saturated rings. The summed E-state index contributed by atoms with van der Waals surface area (Å²) < 4.78 is 5.42. The molecule has 2 aromatic carbocycles. The van der Waals surface area contributed by atoms with Gasteiger partial charge < -0.3 is 15.0 Å². The second-order valence-corrected chi connectivity index (χ2v) is 6.97. The molecule has 27 heavy (non-hydrogen) atoms. The maximum absolute atomic E-state index is 12.5. The van der Waals surface area contributed by atoms with Crippen LogP contribution < -0.4 is 15.0 Å². The molecular formula is C22H26N2O3. The summed E-state index contributed by atoms with van der Waals surface area (Å²) in [5, 5.41) is 2.95. The number of anilines is 1. The molecule has 0 spiro atoms. The van der Waals surface area contributed by atoms with Crippen LogP contribution in [0.25, 0.3) is 0 Å². The fraction of sp³-hybridized carbons (Fsp3) is 0.364.